The van der Waals surface area contributed by atoms with Gasteiger partial charge in [0.25, 0.3) is 0 Å². The second kappa shape index (κ2) is 6.29. The highest BCUT2D eigenvalue weighted by Gasteiger charge is 2.56. The molecule has 3 nitrogen and oxygen atoms in total. The first-order valence-electron chi connectivity index (χ1n) is 9.70. The highest BCUT2D eigenvalue weighted by molar-refractivity contribution is 5.79. The molecule has 3 aliphatic rings. The third kappa shape index (κ3) is 2.94. The molecule has 1 aliphatic heterocycles. The van der Waals surface area contributed by atoms with E-state index in [1.165, 1.54) is 12.1 Å². The minimum absolute atomic E-state index is 0.0123. The second-order valence-corrected chi connectivity index (χ2v) is 8.85. The average molecular weight is 363 g/mol. The lowest BCUT2D eigenvalue weighted by Crippen LogP contribution is -2.59. The third-order valence-corrected chi connectivity index (χ3v) is 6.95. The zero-order valence-corrected chi connectivity index (χ0v) is 15.3. The molecule has 2 unspecified atom stereocenters. The average Bonchev–Trinajstić information content (AvgIpc) is 2.53. The van der Waals surface area contributed by atoms with E-state index in [1.54, 1.807) is 4.90 Å². The maximum atomic E-state index is 13.5. The van der Waals surface area contributed by atoms with Crippen LogP contribution >= 0.6 is 0 Å². The van der Waals surface area contributed by atoms with Gasteiger partial charge in [-0.15, -0.1) is 0 Å². The summed E-state index contributed by atoms with van der Waals surface area (Å²) < 4.78 is 26.8. The van der Waals surface area contributed by atoms with Crippen molar-refractivity contribution in [3.8, 4) is 0 Å². The van der Waals surface area contributed by atoms with Crippen molar-refractivity contribution in [2.24, 2.45) is 11.8 Å². The van der Waals surface area contributed by atoms with E-state index in [0.717, 1.165) is 24.8 Å². The van der Waals surface area contributed by atoms with Crippen molar-refractivity contribution in [3.63, 3.8) is 0 Å². The molecular formula is C21H27F2NO2. The summed E-state index contributed by atoms with van der Waals surface area (Å²) in [6.07, 6.45) is 3.74. The fraction of sp³-hybridized carbons (Fsp3) is 0.667. The van der Waals surface area contributed by atoms with Crippen LogP contribution in [0.5, 0.6) is 0 Å². The number of alkyl halides is 1. The van der Waals surface area contributed by atoms with Gasteiger partial charge in [0.15, 0.2) is 0 Å². The van der Waals surface area contributed by atoms with Crippen LogP contribution in [0.3, 0.4) is 0 Å². The fourth-order valence-corrected chi connectivity index (χ4v) is 5.79. The van der Waals surface area contributed by atoms with Crippen molar-refractivity contribution in [1.29, 1.82) is 0 Å². The Hall–Kier alpha value is -1.49. The molecule has 0 spiro atoms. The van der Waals surface area contributed by atoms with E-state index < -0.39 is 11.8 Å². The minimum Gasteiger partial charge on any atom is -0.390 e. The Morgan fingerprint density at radius 1 is 1.19 bits per heavy atom. The van der Waals surface area contributed by atoms with Gasteiger partial charge in [-0.25, -0.2) is 8.78 Å². The van der Waals surface area contributed by atoms with Crippen LogP contribution in [0.1, 0.15) is 51.0 Å². The van der Waals surface area contributed by atoms with Crippen molar-refractivity contribution in [2.75, 3.05) is 13.1 Å². The van der Waals surface area contributed by atoms with E-state index >= 15 is 0 Å². The number of hydrogen-bond acceptors (Lipinski definition) is 2. The van der Waals surface area contributed by atoms with Crippen LogP contribution in [-0.4, -0.2) is 40.8 Å². The number of rotatable bonds is 3. The van der Waals surface area contributed by atoms with E-state index in [9.17, 15) is 18.7 Å². The molecule has 2 saturated carbocycles. The number of amides is 1. The third-order valence-electron chi connectivity index (χ3n) is 6.95. The van der Waals surface area contributed by atoms with Gasteiger partial charge in [0.1, 0.15) is 12.0 Å². The predicted octanol–water partition coefficient (Wildman–Crippen LogP) is 3.60. The van der Waals surface area contributed by atoms with Gasteiger partial charge < -0.3 is 10.0 Å². The van der Waals surface area contributed by atoms with Crippen LogP contribution in [0.2, 0.25) is 0 Å². The van der Waals surface area contributed by atoms with Crippen LogP contribution in [0, 0.1) is 17.7 Å². The summed E-state index contributed by atoms with van der Waals surface area (Å²) in [6, 6.07) is 6.54. The van der Waals surface area contributed by atoms with Crippen molar-refractivity contribution < 1.29 is 18.7 Å². The summed E-state index contributed by atoms with van der Waals surface area (Å²) in [5.41, 5.74) is -0.106. The molecule has 142 valence electrons. The topological polar surface area (TPSA) is 40.5 Å². The van der Waals surface area contributed by atoms with Crippen molar-refractivity contribution in [1.82, 2.24) is 4.90 Å². The molecule has 2 bridgehead atoms. The molecule has 2 aliphatic carbocycles. The predicted molar refractivity (Wildman–Crippen MR) is 94.9 cm³/mol. The Balaban J connectivity index is 1.72. The van der Waals surface area contributed by atoms with Gasteiger partial charge in [-0.1, -0.05) is 18.6 Å². The number of nitrogens with zero attached hydrogens (tertiary/aromatic N) is 1. The normalized spacial score (nSPS) is 37.3. The molecule has 1 aromatic rings. The van der Waals surface area contributed by atoms with Gasteiger partial charge in [-0.3, -0.25) is 4.79 Å². The standard InChI is InChI=1S/C21H27F2NO2/c1-20(26)9-15-3-2-4-16(10-20)21(15,14-5-7-17(22)8-6-14)11-19(25)24-12-18(23)13-24/h5-8,15-16,18,26H,2-4,9-13H2,1H3. The number of fused-ring (bicyclic) bond motifs is 2. The monoisotopic (exact) mass is 363 g/mol. The van der Waals surface area contributed by atoms with E-state index in [2.05, 4.69) is 0 Å². The molecule has 1 N–H and O–H groups in total. The zero-order valence-electron chi connectivity index (χ0n) is 15.3. The Labute approximate surface area is 153 Å². The smallest absolute Gasteiger partial charge is 0.223 e. The van der Waals surface area contributed by atoms with Gasteiger partial charge in [0.05, 0.1) is 18.7 Å². The molecule has 1 aromatic carbocycles. The Morgan fingerprint density at radius 3 is 2.31 bits per heavy atom. The molecule has 2 atom stereocenters. The largest absolute Gasteiger partial charge is 0.390 e. The first kappa shape index (κ1) is 17.9. The van der Waals surface area contributed by atoms with Gasteiger partial charge in [0, 0.05) is 11.8 Å². The number of benzene rings is 1. The molecule has 1 heterocycles. The zero-order chi connectivity index (χ0) is 18.5. The number of carbonyl (C=O) groups excluding carboxylic acids is 1. The maximum Gasteiger partial charge on any atom is 0.223 e. The number of halogens is 2. The van der Waals surface area contributed by atoms with E-state index in [4.69, 9.17) is 0 Å². The summed E-state index contributed by atoms with van der Waals surface area (Å²) >= 11 is 0. The molecule has 0 radical (unpaired) electrons. The number of aliphatic hydroxyl groups is 1. The molecule has 1 saturated heterocycles. The van der Waals surface area contributed by atoms with Gasteiger partial charge >= 0.3 is 0 Å². The summed E-state index contributed by atoms with van der Waals surface area (Å²) in [5.74, 6) is 0.0663. The van der Waals surface area contributed by atoms with E-state index in [1.807, 2.05) is 19.1 Å². The lowest BCUT2D eigenvalue weighted by atomic mass is 9.48. The van der Waals surface area contributed by atoms with Crippen LogP contribution < -0.4 is 0 Å². The highest BCUT2D eigenvalue weighted by Crippen LogP contribution is 2.58. The van der Waals surface area contributed by atoms with Crippen molar-refractivity contribution in [3.05, 3.63) is 35.6 Å². The van der Waals surface area contributed by atoms with Crippen molar-refractivity contribution in [2.45, 2.75) is 62.6 Å². The molecule has 0 aromatic heterocycles. The first-order chi connectivity index (χ1) is 12.3. The minimum atomic E-state index is -0.910. The lowest BCUT2D eigenvalue weighted by molar-refractivity contribution is -0.146. The molecular weight excluding hydrogens is 336 g/mol. The van der Waals surface area contributed by atoms with Crippen LogP contribution in [-0.2, 0) is 10.2 Å². The van der Waals surface area contributed by atoms with Crippen molar-refractivity contribution >= 4 is 5.91 Å². The fourth-order valence-electron chi connectivity index (χ4n) is 5.79. The summed E-state index contributed by atoms with van der Waals surface area (Å²) in [6.45, 7) is 2.26. The number of likely N-dealkylation sites (tertiary alicyclic amines) is 1. The first-order valence-corrected chi connectivity index (χ1v) is 9.70. The Morgan fingerprint density at radius 2 is 1.77 bits per heavy atom. The lowest BCUT2D eigenvalue weighted by Gasteiger charge is -2.57. The summed E-state index contributed by atoms with van der Waals surface area (Å²) in [4.78, 5) is 14.5. The SMILES string of the molecule is CC1(O)CC2CCCC(C1)C2(CC(=O)N1CC(F)C1)c1ccc(F)cc1. The van der Waals surface area contributed by atoms with Crippen LogP contribution in [0.25, 0.3) is 0 Å². The molecule has 26 heavy (non-hydrogen) atoms. The second-order valence-electron chi connectivity index (χ2n) is 8.85. The quantitative estimate of drug-likeness (QED) is 0.891. The summed E-state index contributed by atoms with van der Waals surface area (Å²) in [7, 11) is 0. The molecule has 3 fully saturated rings. The Bertz CT molecular complexity index is 666. The molecule has 5 heteroatoms. The van der Waals surface area contributed by atoms with Crippen LogP contribution in [0.4, 0.5) is 8.78 Å². The maximum absolute atomic E-state index is 13.5. The highest BCUT2D eigenvalue weighted by atomic mass is 19.1. The molecule has 4 rings (SSSR count). The van der Waals surface area contributed by atoms with Gasteiger partial charge in [-0.05, 0) is 62.1 Å². The number of carbonyl (C=O) groups is 1. The summed E-state index contributed by atoms with van der Waals surface area (Å²) in [5, 5.41) is 10.7. The van der Waals surface area contributed by atoms with E-state index in [0.29, 0.717) is 19.3 Å². The van der Waals surface area contributed by atoms with E-state index in [-0.39, 0.29) is 42.1 Å². The van der Waals surface area contributed by atoms with Crippen LogP contribution in [0.15, 0.2) is 24.3 Å². The number of hydrogen-bond donors (Lipinski definition) is 1. The van der Waals surface area contributed by atoms with Gasteiger partial charge in [-0.2, -0.15) is 0 Å². The van der Waals surface area contributed by atoms with Gasteiger partial charge in [0.2, 0.25) is 5.91 Å². The Kier molecular flexibility index (Phi) is 4.33. The molecule has 1 amide bonds.